The van der Waals surface area contributed by atoms with Gasteiger partial charge in [0.2, 0.25) is 0 Å². The number of likely N-dealkylation sites (tertiary alicyclic amines) is 1. The second-order valence-corrected chi connectivity index (χ2v) is 5.61. The average Bonchev–Trinajstić information content (AvgIpc) is 2.75. The minimum absolute atomic E-state index is 0.109. The molecule has 3 heteroatoms. The lowest BCUT2D eigenvalue weighted by Gasteiger charge is -2.22. The number of rotatable bonds is 3. The molecule has 20 heavy (non-hydrogen) atoms. The first-order valence-electron chi connectivity index (χ1n) is 7.14. The fourth-order valence-corrected chi connectivity index (χ4v) is 2.95. The zero-order valence-electron chi connectivity index (χ0n) is 12.5. The van der Waals surface area contributed by atoms with Gasteiger partial charge in [-0.15, -0.1) is 0 Å². The van der Waals surface area contributed by atoms with Gasteiger partial charge in [0.05, 0.1) is 7.11 Å². The van der Waals surface area contributed by atoms with Crippen LogP contribution in [0.5, 0.6) is 5.75 Å². The number of aliphatic hydroxyl groups excluding tert-OH is 1. The van der Waals surface area contributed by atoms with Crippen molar-refractivity contribution in [1.29, 1.82) is 0 Å². The molecule has 1 aliphatic rings. The molecule has 108 valence electrons. The molecule has 1 N–H and O–H groups in total. The van der Waals surface area contributed by atoms with Crippen LogP contribution in [0.15, 0.2) is 18.2 Å². The van der Waals surface area contributed by atoms with E-state index in [0.717, 1.165) is 35.9 Å². The van der Waals surface area contributed by atoms with Gasteiger partial charge in [-0.25, -0.2) is 0 Å². The van der Waals surface area contributed by atoms with E-state index in [-0.39, 0.29) is 6.61 Å². The maximum Gasteiger partial charge on any atom is 0.123 e. The summed E-state index contributed by atoms with van der Waals surface area (Å²) in [5, 5.41) is 8.78. The first-order valence-corrected chi connectivity index (χ1v) is 7.14. The standard InChI is InChI=1S/C17H23NO2/c1-13-9-14(2)18(11-13)12-16-10-15(5-4-8-19)6-7-17(16)20-3/h6-7,10,13-14,19H,8-9,11-12H2,1-3H3. The highest BCUT2D eigenvalue weighted by molar-refractivity contribution is 5.44. The molecule has 0 amide bonds. The Bertz CT molecular complexity index is 515. The third-order valence-corrected chi connectivity index (χ3v) is 3.88. The summed E-state index contributed by atoms with van der Waals surface area (Å²) in [6.45, 7) is 6.50. The molecule has 1 aromatic rings. The van der Waals surface area contributed by atoms with Crippen LogP contribution in [0.2, 0.25) is 0 Å². The van der Waals surface area contributed by atoms with Crippen molar-refractivity contribution in [3.8, 4) is 17.6 Å². The van der Waals surface area contributed by atoms with Gasteiger partial charge < -0.3 is 9.84 Å². The van der Waals surface area contributed by atoms with Crippen molar-refractivity contribution in [1.82, 2.24) is 4.90 Å². The molecule has 0 aliphatic carbocycles. The molecule has 2 unspecified atom stereocenters. The molecule has 1 saturated heterocycles. The van der Waals surface area contributed by atoms with Crippen molar-refractivity contribution < 1.29 is 9.84 Å². The van der Waals surface area contributed by atoms with Gasteiger partial charge in [-0.2, -0.15) is 0 Å². The average molecular weight is 273 g/mol. The van der Waals surface area contributed by atoms with E-state index in [9.17, 15) is 0 Å². The number of aliphatic hydroxyl groups is 1. The first-order chi connectivity index (χ1) is 9.63. The predicted molar refractivity (Wildman–Crippen MR) is 80.6 cm³/mol. The maximum atomic E-state index is 8.78. The van der Waals surface area contributed by atoms with Crippen LogP contribution in [0.4, 0.5) is 0 Å². The summed E-state index contributed by atoms with van der Waals surface area (Å²) < 4.78 is 5.45. The van der Waals surface area contributed by atoms with E-state index >= 15 is 0 Å². The highest BCUT2D eigenvalue weighted by atomic mass is 16.5. The van der Waals surface area contributed by atoms with Crippen molar-refractivity contribution in [3.05, 3.63) is 29.3 Å². The van der Waals surface area contributed by atoms with Crippen LogP contribution in [0.1, 0.15) is 31.4 Å². The molecule has 0 aromatic heterocycles. The van der Waals surface area contributed by atoms with E-state index in [1.165, 1.54) is 6.42 Å². The summed E-state index contributed by atoms with van der Waals surface area (Å²) in [6, 6.07) is 6.57. The topological polar surface area (TPSA) is 32.7 Å². The molecule has 1 heterocycles. The van der Waals surface area contributed by atoms with Crippen LogP contribution in [-0.4, -0.2) is 36.3 Å². The van der Waals surface area contributed by atoms with Crippen molar-refractivity contribution in [3.63, 3.8) is 0 Å². The highest BCUT2D eigenvalue weighted by Crippen LogP contribution is 2.28. The summed E-state index contributed by atoms with van der Waals surface area (Å²) in [7, 11) is 1.70. The van der Waals surface area contributed by atoms with Crippen LogP contribution in [0.25, 0.3) is 0 Å². The molecule has 0 bridgehead atoms. The maximum absolute atomic E-state index is 8.78. The zero-order chi connectivity index (χ0) is 14.5. The van der Waals surface area contributed by atoms with E-state index in [0.29, 0.717) is 6.04 Å². The Hall–Kier alpha value is -1.50. The van der Waals surface area contributed by atoms with Gasteiger partial charge in [-0.3, -0.25) is 4.90 Å². The van der Waals surface area contributed by atoms with E-state index in [4.69, 9.17) is 9.84 Å². The van der Waals surface area contributed by atoms with Gasteiger partial charge >= 0.3 is 0 Å². The smallest absolute Gasteiger partial charge is 0.123 e. The Balaban J connectivity index is 2.20. The highest BCUT2D eigenvalue weighted by Gasteiger charge is 2.26. The summed E-state index contributed by atoms with van der Waals surface area (Å²) in [4.78, 5) is 2.49. The van der Waals surface area contributed by atoms with Gasteiger partial charge in [0, 0.05) is 30.3 Å². The fourth-order valence-electron chi connectivity index (χ4n) is 2.95. The molecule has 3 nitrogen and oxygen atoms in total. The van der Waals surface area contributed by atoms with Crippen molar-refractivity contribution in [2.45, 2.75) is 32.9 Å². The van der Waals surface area contributed by atoms with E-state index in [2.05, 4.69) is 36.7 Å². The first kappa shape index (κ1) is 14.9. The van der Waals surface area contributed by atoms with Crippen molar-refractivity contribution in [2.75, 3.05) is 20.3 Å². The molecule has 0 radical (unpaired) electrons. The Morgan fingerprint density at radius 1 is 1.40 bits per heavy atom. The second-order valence-electron chi connectivity index (χ2n) is 5.61. The Morgan fingerprint density at radius 2 is 2.20 bits per heavy atom. The molecule has 0 spiro atoms. The van der Waals surface area contributed by atoms with E-state index in [1.807, 2.05) is 12.1 Å². The number of hydrogen-bond acceptors (Lipinski definition) is 3. The molecule has 1 fully saturated rings. The van der Waals surface area contributed by atoms with Crippen LogP contribution < -0.4 is 4.74 Å². The summed E-state index contributed by atoms with van der Waals surface area (Å²) in [5.41, 5.74) is 2.09. The minimum atomic E-state index is -0.109. The van der Waals surface area contributed by atoms with E-state index < -0.39 is 0 Å². The van der Waals surface area contributed by atoms with Crippen LogP contribution >= 0.6 is 0 Å². The third kappa shape index (κ3) is 3.53. The van der Waals surface area contributed by atoms with Gasteiger partial charge in [-0.1, -0.05) is 18.8 Å². The number of ether oxygens (including phenoxy) is 1. The molecular weight excluding hydrogens is 250 g/mol. The van der Waals surface area contributed by atoms with Crippen LogP contribution in [0.3, 0.4) is 0 Å². The van der Waals surface area contributed by atoms with Crippen molar-refractivity contribution in [2.24, 2.45) is 5.92 Å². The Kier molecular flexibility index (Phi) is 5.05. The van der Waals surface area contributed by atoms with Crippen LogP contribution in [0, 0.1) is 17.8 Å². The molecule has 1 aliphatic heterocycles. The predicted octanol–water partition coefficient (Wildman–Crippen LogP) is 2.27. The summed E-state index contributed by atoms with van der Waals surface area (Å²) in [6.07, 6.45) is 1.26. The lowest BCUT2D eigenvalue weighted by Crippen LogP contribution is -2.26. The summed E-state index contributed by atoms with van der Waals surface area (Å²) in [5.74, 6) is 7.31. The number of hydrogen-bond donors (Lipinski definition) is 1. The monoisotopic (exact) mass is 273 g/mol. The quantitative estimate of drug-likeness (QED) is 0.858. The molecule has 1 aromatic carbocycles. The van der Waals surface area contributed by atoms with Gasteiger partial charge in [0.15, 0.2) is 0 Å². The largest absolute Gasteiger partial charge is 0.496 e. The molecular formula is C17H23NO2. The third-order valence-electron chi connectivity index (χ3n) is 3.88. The second kappa shape index (κ2) is 6.78. The van der Waals surface area contributed by atoms with E-state index in [1.54, 1.807) is 7.11 Å². The summed E-state index contributed by atoms with van der Waals surface area (Å²) >= 11 is 0. The molecule has 0 saturated carbocycles. The lowest BCUT2D eigenvalue weighted by molar-refractivity contribution is 0.252. The van der Waals surface area contributed by atoms with Crippen LogP contribution in [-0.2, 0) is 6.54 Å². The van der Waals surface area contributed by atoms with Gasteiger partial charge in [0.25, 0.3) is 0 Å². The zero-order valence-corrected chi connectivity index (χ0v) is 12.5. The normalized spacial score (nSPS) is 22.4. The lowest BCUT2D eigenvalue weighted by atomic mass is 10.1. The Morgan fingerprint density at radius 3 is 2.80 bits per heavy atom. The number of nitrogens with zero attached hydrogens (tertiary/aromatic N) is 1. The minimum Gasteiger partial charge on any atom is -0.496 e. The number of methoxy groups -OCH3 is 1. The molecule has 2 rings (SSSR count). The SMILES string of the molecule is COc1ccc(C#CCO)cc1CN1CC(C)CC1C. The van der Waals surface area contributed by atoms with Gasteiger partial charge in [-0.05, 0) is 37.5 Å². The molecule has 2 atom stereocenters. The number of benzene rings is 1. The Labute approximate surface area is 121 Å². The van der Waals surface area contributed by atoms with Crippen molar-refractivity contribution >= 4 is 0 Å². The van der Waals surface area contributed by atoms with Gasteiger partial charge in [0.1, 0.15) is 12.4 Å². The fraction of sp³-hybridized carbons (Fsp3) is 0.529.